The van der Waals surface area contributed by atoms with Gasteiger partial charge in [-0.15, -0.1) is 0 Å². The van der Waals surface area contributed by atoms with E-state index in [0.29, 0.717) is 12.1 Å². The molecule has 1 heterocycles. The number of anilines is 1. The molecule has 2 atom stereocenters. The van der Waals surface area contributed by atoms with Crippen LogP contribution in [-0.2, 0) is 0 Å². The van der Waals surface area contributed by atoms with E-state index >= 15 is 0 Å². The number of nitrogens with one attached hydrogen (secondary N) is 2. The van der Waals surface area contributed by atoms with Crippen molar-refractivity contribution in [1.82, 2.24) is 15.5 Å². The second-order valence-corrected chi connectivity index (χ2v) is 8.29. The smallest absolute Gasteiger partial charge is 0.191 e. The lowest BCUT2D eigenvalue weighted by Gasteiger charge is -2.26. The number of aliphatic imine (C=N–C) groups is 1. The topological polar surface area (TPSA) is 42.9 Å². The Morgan fingerprint density at radius 3 is 2.60 bits per heavy atom. The molecule has 5 nitrogen and oxygen atoms in total. The van der Waals surface area contributed by atoms with Gasteiger partial charge in [-0.2, -0.15) is 0 Å². The second-order valence-electron chi connectivity index (χ2n) is 7.37. The van der Waals surface area contributed by atoms with Crippen molar-refractivity contribution in [2.75, 3.05) is 45.7 Å². The van der Waals surface area contributed by atoms with Crippen LogP contribution in [0.5, 0.6) is 0 Å². The summed E-state index contributed by atoms with van der Waals surface area (Å²) in [5.41, 5.74) is 1.29. The monoisotopic (exact) mass is 407 g/mol. The van der Waals surface area contributed by atoms with E-state index in [0.717, 1.165) is 42.4 Å². The average Bonchev–Trinajstić information content (AvgIpc) is 3.32. The predicted octanol–water partition coefficient (Wildman–Crippen LogP) is 2.53. The number of halogens is 1. The van der Waals surface area contributed by atoms with Gasteiger partial charge in [0.05, 0.1) is 0 Å². The molecule has 0 aromatic heterocycles. The highest BCUT2D eigenvalue weighted by atomic mass is 79.9. The zero-order valence-corrected chi connectivity index (χ0v) is 17.1. The maximum atomic E-state index is 4.42. The minimum Gasteiger partial charge on any atom is -0.369 e. The summed E-state index contributed by atoms with van der Waals surface area (Å²) in [5, 5.41) is 7.13. The molecule has 0 bridgehead atoms. The van der Waals surface area contributed by atoms with Crippen molar-refractivity contribution in [3.63, 3.8) is 0 Å². The van der Waals surface area contributed by atoms with Gasteiger partial charge < -0.3 is 20.4 Å². The molecule has 1 aromatic carbocycles. The Morgan fingerprint density at radius 1 is 1.28 bits per heavy atom. The van der Waals surface area contributed by atoms with Crippen molar-refractivity contribution in [2.45, 2.75) is 31.3 Å². The van der Waals surface area contributed by atoms with Gasteiger partial charge in [-0.05, 0) is 63.5 Å². The number of hydrogen-bond acceptors (Lipinski definition) is 3. The maximum Gasteiger partial charge on any atom is 0.191 e. The third kappa shape index (κ3) is 5.11. The van der Waals surface area contributed by atoms with Gasteiger partial charge in [0, 0.05) is 48.9 Å². The van der Waals surface area contributed by atoms with E-state index in [1.165, 1.54) is 18.5 Å². The number of nitrogens with zero attached hydrogens (tertiary/aromatic N) is 3. The predicted molar refractivity (Wildman–Crippen MR) is 109 cm³/mol. The first-order valence-electron chi connectivity index (χ1n) is 9.21. The normalized spacial score (nSPS) is 22.4. The molecule has 1 aliphatic carbocycles. The van der Waals surface area contributed by atoms with Gasteiger partial charge in [0.1, 0.15) is 0 Å². The van der Waals surface area contributed by atoms with E-state index in [4.69, 9.17) is 0 Å². The van der Waals surface area contributed by atoms with Crippen LogP contribution in [0.3, 0.4) is 0 Å². The Hall–Kier alpha value is -1.27. The Balaban J connectivity index is 1.48. The van der Waals surface area contributed by atoms with Crippen LogP contribution in [0, 0.1) is 5.92 Å². The van der Waals surface area contributed by atoms with Gasteiger partial charge in [0.25, 0.3) is 0 Å². The molecule has 1 aliphatic heterocycles. The van der Waals surface area contributed by atoms with Crippen molar-refractivity contribution >= 4 is 27.6 Å². The van der Waals surface area contributed by atoms with Crippen LogP contribution in [0.25, 0.3) is 0 Å². The highest BCUT2D eigenvalue weighted by Crippen LogP contribution is 2.34. The van der Waals surface area contributed by atoms with Crippen LogP contribution < -0.4 is 15.5 Å². The molecule has 1 saturated carbocycles. The highest BCUT2D eigenvalue weighted by molar-refractivity contribution is 9.10. The minimum atomic E-state index is 0.438. The number of hydrogen-bond donors (Lipinski definition) is 2. The number of guanidine groups is 1. The molecule has 25 heavy (non-hydrogen) atoms. The summed E-state index contributed by atoms with van der Waals surface area (Å²) in [6.07, 6.45) is 3.86. The Kier molecular flexibility index (Phi) is 6.23. The molecule has 2 fully saturated rings. The van der Waals surface area contributed by atoms with Crippen LogP contribution in [-0.4, -0.2) is 63.7 Å². The first-order valence-corrected chi connectivity index (χ1v) is 10.00. The largest absolute Gasteiger partial charge is 0.369 e. The van der Waals surface area contributed by atoms with Crippen molar-refractivity contribution in [1.29, 1.82) is 0 Å². The van der Waals surface area contributed by atoms with Gasteiger partial charge in [0.2, 0.25) is 0 Å². The maximum absolute atomic E-state index is 4.42. The average molecular weight is 408 g/mol. The van der Waals surface area contributed by atoms with Crippen molar-refractivity contribution < 1.29 is 0 Å². The van der Waals surface area contributed by atoms with E-state index in [1.54, 1.807) is 0 Å². The molecule has 2 aliphatic rings. The molecule has 1 aromatic rings. The van der Waals surface area contributed by atoms with Gasteiger partial charge in [-0.3, -0.25) is 4.99 Å². The lowest BCUT2D eigenvalue weighted by molar-refractivity contribution is 0.264. The lowest BCUT2D eigenvalue weighted by atomic mass is 10.1. The molecule has 0 radical (unpaired) electrons. The Morgan fingerprint density at radius 2 is 2.00 bits per heavy atom. The van der Waals surface area contributed by atoms with Crippen molar-refractivity contribution in [3.05, 3.63) is 28.7 Å². The van der Waals surface area contributed by atoms with Crippen LogP contribution in [0.1, 0.15) is 19.3 Å². The molecule has 1 saturated heterocycles. The summed E-state index contributed by atoms with van der Waals surface area (Å²) < 4.78 is 1.13. The van der Waals surface area contributed by atoms with E-state index in [2.05, 4.69) is 79.7 Å². The molecule has 3 rings (SSSR count). The first-order chi connectivity index (χ1) is 12.1. The molecule has 6 heteroatoms. The molecule has 2 unspecified atom stereocenters. The minimum absolute atomic E-state index is 0.438. The van der Waals surface area contributed by atoms with Gasteiger partial charge >= 0.3 is 0 Å². The van der Waals surface area contributed by atoms with Crippen LogP contribution in [0.4, 0.5) is 5.69 Å². The molecule has 138 valence electrons. The van der Waals surface area contributed by atoms with E-state index in [1.807, 2.05) is 7.05 Å². The summed E-state index contributed by atoms with van der Waals surface area (Å²) >= 11 is 3.50. The highest BCUT2D eigenvalue weighted by Gasteiger charge is 2.32. The standard InChI is InChI=1S/C19H30BrN5/c1-21-19(22-12-18(24(2)3)14-4-5-14)23-16-10-11-25(13-16)17-8-6-15(20)7-9-17/h6-9,14,16,18H,4-5,10-13H2,1-3H3,(H2,21,22,23). The summed E-state index contributed by atoms with van der Waals surface area (Å²) in [6, 6.07) is 9.61. The number of benzene rings is 1. The molecule has 0 spiro atoms. The van der Waals surface area contributed by atoms with Gasteiger partial charge in [-0.25, -0.2) is 0 Å². The van der Waals surface area contributed by atoms with Crippen molar-refractivity contribution in [2.24, 2.45) is 10.9 Å². The number of rotatable bonds is 6. The fourth-order valence-electron chi connectivity index (χ4n) is 3.61. The molecular weight excluding hydrogens is 378 g/mol. The Bertz CT molecular complexity index is 580. The molecule has 2 N–H and O–H groups in total. The quantitative estimate of drug-likeness (QED) is 0.561. The van der Waals surface area contributed by atoms with Crippen LogP contribution >= 0.6 is 15.9 Å². The second kappa shape index (κ2) is 8.41. The van der Waals surface area contributed by atoms with Gasteiger partial charge in [-0.1, -0.05) is 15.9 Å². The summed E-state index contributed by atoms with van der Waals surface area (Å²) in [6.45, 7) is 3.06. The van der Waals surface area contributed by atoms with Crippen LogP contribution in [0.15, 0.2) is 33.7 Å². The number of likely N-dealkylation sites (N-methyl/N-ethyl adjacent to an activating group) is 1. The Labute approximate surface area is 160 Å². The fraction of sp³-hybridized carbons (Fsp3) is 0.632. The van der Waals surface area contributed by atoms with Crippen LogP contribution in [0.2, 0.25) is 0 Å². The third-order valence-electron chi connectivity index (χ3n) is 5.25. The zero-order chi connectivity index (χ0) is 17.8. The third-order valence-corrected chi connectivity index (χ3v) is 5.78. The van der Waals surface area contributed by atoms with E-state index in [-0.39, 0.29) is 0 Å². The summed E-state index contributed by atoms with van der Waals surface area (Å²) in [5.74, 6) is 1.77. The fourth-order valence-corrected chi connectivity index (χ4v) is 3.87. The molecule has 0 amide bonds. The van der Waals surface area contributed by atoms with Crippen molar-refractivity contribution in [3.8, 4) is 0 Å². The lowest BCUT2D eigenvalue weighted by Crippen LogP contribution is -2.49. The van der Waals surface area contributed by atoms with E-state index < -0.39 is 0 Å². The SMILES string of the molecule is CN=C(NCC(C1CC1)N(C)C)NC1CCN(c2ccc(Br)cc2)C1. The summed E-state index contributed by atoms with van der Waals surface area (Å²) in [7, 11) is 6.21. The summed E-state index contributed by atoms with van der Waals surface area (Å²) in [4.78, 5) is 9.19. The van der Waals surface area contributed by atoms with E-state index in [9.17, 15) is 0 Å². The van der Waals surface area contributed by atoms with Gasteiger partial charge in [0.15, 0.2) is 5.96 Å². The zero-order valence-electron chi connectivity index (χ0n) is 15.5. The molecular formula is C19H30BrN5. The first kappa shape index (κ1) is 18.5.